The molecule has 0 saturated heterocycles. The van der Waals surface area contributed by atoms with Crippen molar-refractivity contribution < 1.29 is 19.1 Å². The zero-order chi connectivity index (χ0) is 27.9. The molecule has 40 heavy (non-hydrogen) atoms. The summed E-state index contributed by atoms with van der Waals surface area (Å²) in [7, 11) is 1.39. The van der Waals surface area contributed by atoms with Crippen molar-refractivity contribution >= 4 is 40.0 Å². The van der Waals surface area contributed by atoms with E-state index in [9.17, 15) is 9.59 Å². The number of allylic oxidation sites excluding steroid dienone is 1. The molecule has 1 fully saturated rings. The van der Waals surface area contributed by atoms with Crippen LogP contribution in [0.1, 0.15) is 72.2 Å². The van der Waals surface area contributed by atoms with E-state index in [0.717, 1.165) is 61.8 Å². The topological polar surface area (TPSA) is 95.3 Å². The second-order valence-electron chi connectivity index (χ2n) is 10.2. The van der Waals surface area contributed by atoms with E-state index in [4.69, 9.17) is 9.47 Å². The zero-order valence-corrected chi connectivity index (χ0v) is 24.6. The summed E-state index contributed by atoms with van der Waals surface area (Å²) in [6.45, 7) is 4.40. The molecule has 2 aliphatic rings. The minimum Gasteiger partial charge on any atom is -0.490 e. The van der Waals surface area contributed by atoms with E-state index in [1.807, 2.05) is 28.8 Å². The van der Waals surface area contributed by atoms with E-state index in [1.165, 1.54) is 54.3 Å². The first kappa shape index (κ1) is 28.4. The smallest absolute Gasteiger partial charge is 0.341 e. The Bertz CT molecular complexity index is 1340. The quantitative estimate of drug-likeness (QED) is 0.162. The molecule has 5 rings (SSSR count). The number of aromatic nitrogens is 3. The van der Waals surface area contributed by atoms with Crippen LogP contribution in [-0.4, -0.2) is 45.6 Å². The molecule has 0 radical (unpaired) electrons. The standard InChI is InChI=1S/C30H36N4O4S2/c1-3-18-34-27(20-14-16-22(17-15-20)38-21-10-8-9-11-21)32-33-30(34)39-19-25(35)31-28-26(29(36)37-2)23-12-6-4-5-7-13-24(23)40-28/h3,14-17,21H,1,4-13,18-19H2,2H3,(H,31,35). The molecule has 2 aliphatic carbocycles. The largest absolute Gasteiger partial charge is 0.490 e. The van der Waals surface area contributed by atoms with Crippen LogP contribution in [0.4, 0.5) is 5.00 Å². The number of hydrogen-bond donors (Lipinski definition) is 1. The molecule has 2 aromatic heterocycles. The molecule has 1 aromatic carbocycles. The molecule has 3 aromatic rings. The number of hydrogen-bond acceptors (Lipinski definition) is 8. The molecular formula is C30H36N4O4S2. The molecule has 0 aliphatic heterocycles. The molecule has 0 atom stereocenters. The maximum Gasteiger partial charge on any atom is 0.341 e. The number of thioether (sulfide) groups is 1. The van der Waals surface area contributed by atoms with Gasteiger partial charge in [-0.25, -0.2) is 4.79 Å². The number of nitrogens with zero attached hydrogens (tertiary/aromatic N) is 3. The Hall–Kier alpha value is -3.11. The van der Waals surface area contributed by atoms with Crippen LogP contribution in [0.25, 0.3) is 11.4 Å². The van der Waals surface area contributed by atoms with Gasteiger partial charge in [0.15, 0.2) is 11.0 Å². The molecular weight excluding hydrogens is 544 g/mol. The monoisotopic (exact) mass is 580 g/mol. The van der Waals surface area contributed by atoms with Gasteiger partial charge in [0.05, 0.1) is 24.5 Å². The lowest BCUT2D eigenvalue weighted by Gasteiger charge is -2.13. The van der Waals surface area contributed by atoms with Gasteiger partial charge in [0.1, 0.15) is 10.8 Å². The minimum absolute atomic E-state index is 0.132. The Labute approximate surface area is 243 Å². The maximum atomic E-state index is 13.1. The number of amides is 1. The van der Waals surface area contributed by atoms with Gasteiger partial charge in [0.25, 0.3) is 0 Å². The average molecular weight is 581 g/mol. The first-order chi connectivity index (χ1) is 19.6. The van der Waals surface area contributed by atoms with E-state index in [-0.39, 0.29) is 11.7 Å². The summed E-state index contributed by atoms with van der Waals surface area (Å²) in [6.07, 6.45) is 13.0. The molecule has 10 heteroatoms. The Morgan fingerprint density at radius 2 is 1.85 bits per heavy atom. The highest BCUT2D eigenvalue weighted by molar-refractivity contribution is 7.99. The van der Waals surface area contributed by atoms with Gasteiger partial charge >= 0.3 is 5.97 Å². The van der Waals surface area contributed by atoms with Crippen LogP contribution < -0.4 is 10.1 Å². The Morgan fingerprint density at radius 3 is 2.58 bits per heavy atom. The highest BCUT2D eigenvalue weighted by Crippen LogP contribution is 2.38. The number of carbonyl (C=O) groups excluding carboxylic acids is 2. The van der Waals surface area contributed by atoms with Gasteiger partial charge in [-0.2, -0.15) is 0 Å². The molecule has 1 amide bonds. The fraction of sp³-hybridized carbons (Fsp3) is 0.467. The number of esters is 1. The van der Waals surface area contributed by atoms with Crippen molar-refractivity contribution in [3.05, 3.63) is 52.9 Å². The number of carbonyl (C=O) groups is 2. The Kier molecular flexibility index (Phi) is 9.59. The van der Waals surface area contributed by atoms with Crippen LogP contribution in [0, 0.1) is 0 Å². The van der Waals surface area contributed by atoms with Crippen molar-refractivity contribution in [1.29, 1.82) is 0 Å². The van der Waals surface area contributed by atoms with Gasteiger partial charge in [-0.3, -0.25) is 9.36 Å². The number of fused-ring (bicyclic) bond motifs is 1. The van der Waals surface area contributed by atoms with E-state index in [1.54, 1.807) is 6.08 Å². The summed E-state index contributed by atoms with van der Waals surface area (Å²) in [6, 6.07) is 7.94. The van der Waals surface area contributed by atoms with Gasteiger partial charge in [-0.1, -0.05) is 30.7 Å². The van der Waals surface area contributed by atoms with Crippen molar-refractivity contribution in [2.45, 2.75) is 82.0 Å². The van der Waals surface area contributed by atoms with Crippen LogP contribution in [0.5, 0.6) is 5.75 Å². The first-order valence-corrected chi connectivity index (χ1v) is 15.8. The zero-order valence-electron chi connectivity index (χ0n) is 22.9. The van der Waals surface area contributed by atoms with Crippen LogP contribution in [0.15, 0.2) is 42.1 Å². The van der Waals surface area contributed by atoms with Crippen LogP contribution in [-0.2, 0) is 28.9 Å². The summed E-state index contributed by atoms with van der Waals surface area (Å²) in [4.78, 5) is 26.9. The number of methoxy groups -OCH3 is 1. The number of anilines is 1. The molecule has 0 bridgehead atoms. The van der Waals surface area contributed by atoms with E-state index in [2.05, 4.69) is 22.1 Å². The number of ether oxygens (including phenoxy) is 2. The van der Waals surface area contributed by atoms with Crippen molar-refractivity contribution in [1.82, 2.24) is 14.8 Å². The van der Waals surface area contributed by atoms with Crippen LogP contribution in [0.2, 0.25) is 0 Å². The Morgan fingerprint density at radius 1 is 1.10 bits per heavy atom. The highest BCUT2D eigenvalue weighted by atomic mass is 32.2. The van der Waals surface area contributed by atoms with Crippen molar-refractivity contribution in [3.63, 3.8) is 0 Å². The third-order valence-corrected chi connectivity index (χ3v) is 9.57. The lowest BCUT2D eigenvalue weighted by atomic mass is 9.96. The molecule has 212 valence electrons. The third kappa shape index (κ3) is 6.61. The molecule has 2 heterocycles. The van der Waals surface area contributed by atoms with Crippen LogP contribution in [0.3, 0.4) is 0 Å². The second-order valence-corrected chi connectivity index (χ2v) is 12.3. The van der Waals surface area contributed by atoms with Gasteiger partial charge in [0, 0.05) is 17.0 Å². The fourth-order valence-electron chi connectivity index (χ4n) is 5.40. The van der Waals surface area contributed by atoms with Crippen molar-refractivity contribution in [2.24, 2.45) is 0 Å². The number of thiophene rings is 1. The number of nitrogens with one attached hydrogen (secondary N) is 1. The average Bonchev–Trinajstić information content (AvgIpc) is 3.68. The molecule has 8 nitrogen and oxygen atoms in total. The van der Waals surface area contributed by atoms with Gasteiger partial charge < -0.3 is 14.8 Å². The minimum atomic E-state index is -0.393. The van der Waals surface area contributed by atoms with Crippen molar-refractivity contribution in [3.8, 4) is 17.1 Å². The summed E-state index contributed by atoms with van der Waals surface area (Å²) in [5.41, 5.74) is 2.47. The summed E-state index contributed by atoms with van der Waals surface area (Å²) >= 11 is 2.81. The molecule has 0 spiro atoms. The lowest BCUT2D eigenvalue weighted by Crippen LogP contribution is -2.17. The summed E-state index contributed by atoms with van der Waals surface area (Å²) in [5, 5.41) is 13.0. The predicted molar refractivity (Wildman–Crippen MR) is 159 cm³/mol. The maximum absolute atomic E-state index is 13.1. The van der Waals surface area contributed by atoms with E-state index < -0.39 is 5.97 Å². The van der Waals surface area contributed by atoms with Gasteiger partial charge in [-0.15, -0.1) is 28.1 Å². The fourth-order valence-corrected chi connectivity index (χ4v) is 7.44. The lowest BCUT2D eigenvalue weighted by molar-refractivity contribution is -0.113. The first-order valence-electron chi connectivity index (χ1n) is 14.0. The highest BCUT2D eigenvalue weighted by Gasteiger charge is 2.26. The number of benzene rings is 1. The molecule has 0 unspecified atom stereocenters. The van der Waals surface area contributed by atoms with Crippen molar-refractivity contribution in [2.75, 3.05) is 18.2 Å². The van der Waals surface area contributed by atoms with E-state index >= 15 is 0 Å². The normalized spacial score (nSPS) is 15.6. The number of aryl methyl sites for hydroxylation is 1. The second kappa shape index (κ2) is 13.5. The van der Waals surface area contributed by atoms with E-state index in [0.29, 0.717) is 34.2 Å². The van der Waals surface area contributed by atoms with Crippen LogP contribution >= 0.6 is 23.1 Å². The molecule has 1 N–H and O–H groups in total. The summed E-state index contributed by atoms with van der Waals surface area (Å²) < 4.78 is 13.1. The third-order valence-electron chi connectivity index (χ3n) is 7.39. The predicted octanol–water partition coefficient (Wildman–Crippen LogP) is 6.69. The summed E-state index contributed by atoms with van der Waals surface area (Å²) in [5.74, 6) is 1.11. The van der Waals surface area contributed by atoms with Gasteiger partial charge in [-0.05, 0) is 81.2 Å². The Balaban J connectivity index is 1.27. The number of rotatable bonds is 10. The molecule has 1 saturated carbocycles. The SMILES string of the molecule is C=CCn1c(SCC(=O)Nc2sc3c(c2C(=O)OC)CCCCCC3)nnc1-c1ccc(OC2CCCC2)cc1. The van der Waals surface area contributed by atoms with Gasteiger partial charge in [0.2, 0.25) is 5.91 Å².